The van der Waals surface area contributed by atoms with Crippen LogP contribution in [0, 0.1) is 5.92 Å². The fraction of sp³-hybridized carbons (Fsp3) is 0.615. The number of likely N-dealkylation sites (N-methyl/N-ethyl adjacent to an activating group) is 1. The molecule has 1 aromatic heterocycles. The zero-order chi connectivity index (χ0) is 12.8. The fourth-order valence-electron chi connectivity index (χ4n) is 1.76. The summed E-state index contributed by atoms with van der Waals surface area (Å²) in [6, 6.07) is 1.99. The van der Waals surface area contributed by atoms with Crippen molar-refractivity contribution in [2.75, 3.05) is 44.4 Å². The molecule has 0 bridgehead atoms. The molecule has 1 rings (SSSR count). The van der Waals surface area contributed by atoms with Gasteiger partial charge in [-0.15, -0.1) is 0 Å². The van der Waals surface area contributed by atoms with Gasteiger partial charge in [-0.3, -0.25) is 4.98 Å². The van der Waals surface area contributed by atoms with Gasteiger partial charge in [-0.1, -0.05) is 13.8 Å². The van der Waals surface area contributed by atoms with Crippen molar-refractivity contribution in [3.05, 3.63) is 18.5 Å². The lowest BCUT2D eigenvalue weighted by molar-refractivity contribution is 0.409. The summed E-state index contributed by atoms with van der Waals surface area (Å²) in [6.45, 7) is 7.47. The summed E-state index contributed by atoms with van der Waals surface area (Å²) in [5.41, 5.74) is 7.84. The summed E-state index contributed by atoms with van der Waals surface area (Å²) < 4.78 is 0. The molecule has 0 amide bonds. The number of anilines is 2. The highest BCUT2D eigenvalue weighted by Crippen LogP contribution is 2.22. The van der Waals surface area contributed by atoms with E-state index < -0.39 is 0 Å². The Bertz CT molecular complexity index is 336. The quantitative estimate of drug-likeness (QED) is 0.816. The standard InChI is InChI=1S/C13H24N4/c1-11(2)10-17(8-7-16(3)4)13-5-6-15-9-12(13)14/h5-6,9,11H,7-8,10,14H2,1-4H3. The van der Waals surface area contributed by atoms with Crippen molar-refractivity contribution in [2.45, 2.75) is 13.8 Å². The fourth-order valence-corrected chi connectivity index (χ4v) is 1.76. The van der Waals surface area contributed by atoms with E-state index >= 15 is 0 Å². The Kier molecular flexibility index (Phi) is 5.22. The largest absolute Gasteiger partial charge is 0.396 e. The average molecular weight is 236 g/mol. The first-order valence-corrected chi connectivity index (χ1v) is 6.10. The van der Waals surface area contributed by atoms with E-state index in [0.29, 0.717) is 5.92 Å². The number of pyridine rings is 1. The topological polar surface area (TPSA) is 45.4 Å². The predicted molar refractivity (Wildman–Crippen MR) is 74.3 cm³/mol. The van der Waals surface area contributed by atoms with Crippen LogP contribution in [0.3, 0.4) is 0 Å². The number of rotatable bonds is 6. The van der Waals surface area contributed by atoms with Crippen LogP contribution in [0.25, 0.3) is 0 Å². The predicted octanol–water partition coefficient (Wildman–Crippen LogP) is 1.69. The molecule has 0 fully saturated rings. The number of hydrogen-bond acceptors (Lipinski definition) is 4. The van der Waals surface area contributed by atoms with Gasteiger partial charge in [0, 0.05) is 25.8 Å². The van der Waals surface area contributed by atoms with Gasteiger partial charge in [0.1, 0.15) is 0 Å². The van der Waals surface area contributed by atoms with Crippen molar-refractivity contribution in [1.82, 2.24) is 9.88 Å². The molecule has 0 radical (unpaired) electrons. The highest BCUT2D eigenvalue weighted by atomic mass is 15.2. The normalized spacial score (nSPS) is 11.2. The van der Waals surface area contributed by atoms with E-state index in [1.807, 2.05) is 6.07 Å². The molecule has 1 aromatic rings. The SMILES string of the molecule is CC(C)CN(CCN(C)C)c1ccncc1N. The maximum Gasteiger partial charge on any atom is 0.0738 e. The van der Waals surface area contributed by atoms with Gasteiger partial charge < -0.3 is 15.5 Å². The minimum absolute atomic E-state index is 0.615. The van der Waals surface area contributed by atoms with Gasteiger partial charge in [-0.25, -0.2) is 0 Å². The molecule has 0 aliphatic heterocycles. The van der Waals surface area contributed by atoms with Crippen LogP contribution in [0.4, 0.5) is 11.4 Å². The van der Waals surface area contributed by atoms with Gasteiger partial charge in [0.2, 0.25) is 0 Å². The molecule has 96 valence electrons. The molecule has 0 atom stereocenters. The van der Waals surface area contributed by atoms with Crippen molar-refractivity contribution in [2.24, 2.45) is 5.92 Å². The molecule has 0 aliphatic carbocycles. The van der Waals surface area contributed by atoms with Gasteiger partial charge in [-0.2, -0.15) is 0 Å². The Morgan fingerprint density at radius 3 is 2.53 bits per heavy atom. The maximum absolute atomic E-state index is 5.99. The molecule has 0 aliphatic rings. The Hall–Kier alpha value is -1.29. The third kappa shape index (κ3) is 4.61. The van der Waals surface area contributed by atoms with Crippen molar-refractivity contribution in [1.29, 1.82) is 0 Å². The summed E-state index contributed by atoms with van der Waals surface area (Å²) in [7, 11) is 4.17. The second kappa shape index (κ2) is 6.45. The van der Waals surface area contributed by atoms with E-state index in [2.05, 4.69) is 42.7 Å². The zero-order valence-corrected chi connectivity index (χ0v) is 11.3. The molecule has 1 heterocycles. The summed E-state index contributed by atoms with van der Waals surface area (Å²) >= 11 is 0. The molecule has 0 saturated heterocycles. The molecular weight excluding hydrogens is 212 g/mol. The summed E-state index contributed by atoms with van der Waals surface area (Å²) in [4.78, 5) is 8.56. The number of aromatic nitrogens is 1. The first kappa shape index (κ1) is 13.8. The van der Waals surface area contributed by atoms with E-state index in [9.17, 15) is 0 Å². The number of hydrogen-bond donors (Lipinski definition) is 1. The van der Waals surface area contributed by atoms with Crippen LogP contribution in [0.15, 0.2) is 18.5 Å². The van der Waals surface area contributed by atoms with Crippen LogP contribution < -0.4 is 10.6 Å². The van der Waals surface area contributed by atoms with Crippen LogP contribution >= 0.6 is 0 Å². The zero-order valence-electron chi connectivity index (χ0n) is 11.3. The second-order valence-corrected chi connectivity index (χ2v) is 5.08. The highest BCUT2D eigenvalue weighted by molar-refractivity contribution is 5.65. The van der Waals surface area contributed by atoms with E-state index in [0.717, 1.165) is 31.0 Å². The first-order chi connectivity index (χ1) is 8.00. The summed E-state index contributed by atoms with van der Waals surface area (Å²) in [6.07, 6.45) is 3.52. The lowest BCUT2D eigenvalue weighted by Gasteiger charge is -2.28. The molecule has 0 saturated carbocycles. The summed E-state index contributed by atoms with van der Waals surface area (Å²) in [5.74, 6) is 0.615. The number of nitrogens with two attached hydrogens (primary N) is 1. The Morgan fingerprint density at radius 1 is 1.29 bits per heavy atom. The second-order valence-electron chi connectivity index (χ2n) is 5.08. The van der Waals surface area contributed by atoms with Crippen LogP contribution in [0.5, 0.6) is 0 Å². The molecule has 17 heavy (non-hydrogen) atoms. The molecule has 0 unspecified atom stereocenters. The van der Waals surface area contributed by atoms with Crippen LogP contribution in [0.2, 0.25) is 0 Å². The molecule has 0 spiro atoms. The van der Waals surface area contributed by atoms with Gasteiger partial charge in [-0.05, 0) is 26.1 Å². The number of nitrogens with zero attached hydrogens (tertiary/aromatic N) is 3. The first-order valence-electron chi connectivity index (χ1n) is 6.10. The van der Waals surface area contributed by atoms with Crippen LogP contribution in [-0.4, -0.2) is 43.6 Å². The molecule has 0 aromatic carbocycles. The molecule has 4 heteroatoms. The van der Waals surface area contributed by atoms with Crippen molar-refractivity contribution >= 4 is 11.4 Å². The van der Waals surface area contributed by atoms with Gasteiger partial charge in [0.05, 0.1) is 17.6 Å². The lowest BCUT2D eigenvalue weighted by atomic mass is 10.2. The maximum atomic E-state index is 5.99. The monoisotopic (exact) mass is 236 g/mol. The van der Waals surface area contributed by atoms with Gasteiger partial charge >= 0.3 is 0 Å². The van der Waals surface area contributed by atoms with E-state index in [1.54, 1.807) is 12.4 Å². The number of nitrogen functional groups attached to an aromatic ring is 1. The minimum atomic E-state index is 0.615. The van der Waals surface area contributed by atoms with Gasteiger partial charge in [0.15, 0.2) is 0 Å². The van der Waals surface area contributed by atoms with Crippen LogP contribution in [-0.2, 0) is 0 Å². The summed E-state index contributed by atoms with van der Waals surface area (Å²) in [5, 5.41) is 0. The van der Waals surface area contributed by atoms with E-state index in [1.165, 1.54) is 0 Å². The smallest absolute Gasteiger partial charge is 0.0738 e. The lowest BCUT2D eigenvalue weighted by Crippen LogP contribution is -2.34. The Morgan fingerprint density at radius 2 is 2.00 bits per heavy atom. The van der Waals surface area contributed by atoms with Crippen molar-refractivity contribution in [3.63, 3.8) is 0 Å². The molecular formula is C13H24N4. The van der Waals surface area contributed by atoms with Crippen molar-refractivity contribution in [3.8, 4) is 0 Å². The highest BCUT2D eigenvalue weighted by Gasteiger charge is 2.11. The van der Waals surface area contributed by atoms with Crippen LogP contribution in [0.1, 0.15) is 13.8 Å². The third-order valence-corrected chi connectivity index (χ3v) is 2.57. The third-order valence-electron chi connectivity index (χ3n) is 2.57. The van der Waals surface area contributed by atoms with E-state index in [-0.39, 0.29) is 0 Å². The Labute approximate surface area is 104 Å². The molecule has 2 N–H and O–H groups in total. The molecule has 4 nitrogen and oxygen atoms in total. The average Bonchev–Trinajstić information content (AvgIpc) is 2.24. The minimum Gasteiger partial charge on any atom is -0.396 e. The van der Waals surface area contributed by atoms with Gasteiger partial charge in [0.25, 0.3) is 0 Å². The Balaban J connectivity index is 2.78. The van der Waals surface area contributed by atoms with Crippen molar-refractivity contribution < 1.29 is 0 Å². The van der Waals surface area contributed by atoms with E-state index in [4.69, 9.17) is 5.73 Å².